The van der Waals surface area contributed by atoms with E-state index in [2.05, 4.69) is 21.3 Å². The number of anilines is 1. The van der Waals surface area contributed by atoms with Gasteiger partial charge in [-0.1, -0.05) is 0 Å². The zero-order valence-corrected chi connectivity index (χ0v) is 14.0. The molecule has 1 aromatic carbocycles. The van der Waals surface area contributed by atoms with Crippen LogP contribution in [0, 0.1) is 11.3 Å². The second-order valence-corrected chi connectivity index (χ2v) is 6.58. The molecule has 2 saturated heterocycles. The van der Waals surface area contributed by atoms with Crippen LogP contribution in [0.5, 0.6) is 5.75 Å². The normalized spacial score (nSPS) is 21.8. The maximum absolute atomic E-state index is 11.3. The summed E-state index contributed by atoms with van der Waals surface area (Å²) in [6.45, 7) is 5.09. The molecule has 0 spiro atoms. The molecule has 3 heterocycles. The molecule has 4 rings (SSSR count). The number of nitriles is 1. The van der Waals surface area contributed by atoms with Gasteiger partial charge >= 0.3 is 6.09 Å². The van der Waals surface area contributed by atoms with E-state index in [9.17, 15) is 10.1 Å². The van der Waals surface area contributed by atoms with Crippen molar-refractivity contribution in [3.63, 3.8) is 0 Å². The van der Waals surface area contributed by atoms with Gasteiger partial charge in [0.1, 0.15) is 23.7 Å². The van der Waals surface area contributed by atoms with Crippen LogP contribution in [-0.4, -0.2) is 42.4 Å². The molecular weight excluding hydrogens is 320 g/mol. The Labute approximate surface area is 145 Å². The lowest BCUT2D eigenvalue weighted by Gasteiger charge is -2.20. The minimum absolute atomic E-state index is 0.0191. The lowest BCUT2D eigenvalue weighted by Crippen LogP contribution is -2.32. The monoisotopic (exact) mass is 338 g/mol. The van der Waals surface area contributed by atoms with Crippen LogP contribution >= 0.6 is 0 Å². The third-order valence-corrected chi connectivity index (χ3v) is 4.45. The number of alkyl carbamates (subject to hydrolysis) is 1. The highest BCUT2D eigenvalue weighted by atomic mass is 16.6. The first-order valence-electron chi connectivity index (χ1n) is 8.27. The van der Waals surface area contributed by atoms with E-state index < -0.39 is 0 Å². The summed E-state index contributed by atoms with van der Waals surface area (Å²) in [6, 6.07) is 7.76. The van der Waals surface area contributed by atoms with E-state index in [4.69, 9.17) is 9.47 Å². The number of benzene rings is 1. The summed E-state index contributed by atoms with van der Waals surface area (Å²) in [4.78, 5) is 17.9. The molecule has 2 atom stereocenters. The molecule has 2 unspecified atom stereocenters. The predicted octanol–water partition coefficient (Wildman–Crippen LogP) is 2.19. The van der Waals surface area contributed by atoms with Gasteiger partial charge in [0.2, 0.25) is 0 Å². The summed E-state index contributed by atoms with van der Waals surface area (Å²) in [5, 5.41) is 14.1. The topological polar surface area (TPSA) is 87.5 Å². The van der Waals surface area contributed by atoms with Crippen LogP contribution in [0.2, 0.25) is 0 Å². The lowest BCUT2D eigenvalue weighted by molar-refractivity contribution is 0.144. The van der Waals surface area contributed by atoms with Crippen LogP contribution in [0.1, 0.15) is 19.4 Å². The van der Waals surface area contributed by atoms with Crippen LogP contribution in [0.3, 0.4) is 0 Å². The first-order valence-corrected chi connectivity index (χ1v) is 8.27. The minimum Gasteiger partial charge on any atom is -0.490 e. The van der Waals surface area contributed by atoms with Gasteiger partial charge in [-0.05, 0) is 37.4 Å². The van der Waals surface area contributed by atoms with E-state index in [1.807, 2.05) is 32.0 Å². The number of carbonyl (C=O) groups excluding carboxylic acids is 1. The van der Waals surface area contributed by atoms with E-state index in [1.165, 1.54) is 0 Å². The molecule has 128 valence electrons. The zero-order valence-electron chi connectivity index (χ0n) is 14.0. The van der Waals surface area contributed by atoms with Gasteiger partial charge in [0.15, 0.2) is 0 Å². The quantitative estimate of drug-likeness (QED) is 0.923. The van der Waals surface area contributed by atoms with Gasteiger partial charge in [-0.25, -0.2) is 9.78 Å². The van der Waals surface area contributed by atoms with Gasteiger partial charge in [0.05, 0.1) is 24.3 Å². The van der Waals surface area contributed by atoms with Crippen LogP contribution in [-0.2, 0) is 4.74 Å². The van der Waals surface area contributed by atoms with Crippen LogP contribution in [0.25, 0.3) is 10.8 Å². The standard InChI is InChI=1S/C18H18N4O3/c1-10(2)24-15-6-13-11(5-12(15)7-19)3-4-20-17(13)22-8-14-16(9-22)25-18(23)21-14/h3-6,10,14,16H,8-9H2,1-2H3,(H,21,23). The molecule has 2 aromatic rings. The fraction of sp³-hybridized carbons (Fsp3) is 0.389. The van der Waals surface area contributed by atoms with Crippen LogP contribution in [0.15, 0.2) is 24.4 Å². The number of aromatic nitrogens is 1. The first-order chi connectivity index (χ1) is 12.0. The number of ether oxygens (including phenoxy) is 2. The van der Waals surface area contributed by atoms with Gasteiger partial charge in [0, 0.05) is 18.1 Å². The van der Waals surface area contributed by atoms with E-state index in [0.29, 0.717) is 24.4 Å². The molecule has 25 heavy (non-hydrogen) atoms. The molecule has 1 N–H and O–H groups in total. The molecule has 0 bridgehead atoms. The molecule has 2 aliphatic rings. The average molecular weight is 338 g/mol. The number of amides is 1. The molecule has 7 nitrogen and oxygen atoms in total. The van der Waals surface area contributed by atoms with Crippen molar-refractivity contribution in [2.45, 2.75) is 32.1 Å². The number of carbonyl (C=O) groups is 1. The maximum atomic E-state index is 11.3. The smallest absolute Gasteiger partial charge is 0.407 e. The van der Waals surface area contributed by atoms with Gasteiger partial charge < -0.3 is 19.7 Å². The molecule has 1 aromatic heterocycles. The summed E-state index contributed by atoms with van der Waals surface area (Å²) in [7, 11) is 0. The number of rotatable bonds is 3. The molecule has 7 heteroatoms. The average Bonchev–Trinajstić information content (AvgIpc) is 3.10. The lowest BCUT2D eigenvalue weighted by atomic mass is 10.1. The Kier molecular flexibility index (Phi) is 3.61. The Morgan fingerprint density at radius 3 is 3.00 bits per heavy atom. The van der Waals surface area contributed by atoms with E-state index in [1.54, 1.807) is 6.20 Å². The number of nitrogens with one attached hydrogen (secondary N) is 1. The maximum Gasteiger partial charge on any atom is 0.407 e. The van der Waals surface area contributed by atoms with Crippen molar-refractivity contribution >= 4 is 22.7 Å². The summed E-state index contributed by atoms with van der Waals surface area (Å²) >= 11 is 0. The van der Waals surface area contributed by atoms with E-state index >= 15 is 0 Å². The second-order valence-electron chi connectivity index (χ2n) is 6.58. The van der Waals surface area contributed by atoms with Gasteiger partial charge in [-0.15, -0.1) is 0 Å². The van der Waals surface area contributed by atoms with Crippen molar-refractivity contribution in [3.8, 4) is 11.8 Å². The third-order valence-electron chi connectivity index (χ3n) is 4.45. The number of fused-ring (bicyclic) bond motifs is 2. The van der Waals surface area contributed by atoms with Crippen molar-refractivity contribution in [1.82, 2.24) is 10.3 Å². The largest absolute Gasteiger partial charge is 0.490 e. The summed E-state index contributed by atoms with van der Waals surface area (Å²) in [5.41, 5.74) is 0.507. The Morgan fingerprint density at radius 1 is 1.44 bits per heavy atom. The van der Waals surface area contributed by atoms with Gasteiger partial charge in [0.25, 0.3) is 0 Å². The molecule has 2 aliphatic heterocycles. The highest BCUT2D eigenvalue weighted by molar-refractivity contribution is 5.94. The Balaban J connectivity index is 1.75. The molecule has 0 radical (unpaired) electrons. The molecule has 0 aliphatic carbocycles. The predicted molar refractivity (Wildman–Crippen MR) is 91.6 cm³/mol. The van der Waals surface area contributed by atoms with Crippen LogP contribution in [0.4, 0.5) is 10.6 Å². The Morgan fingerprint density at radius 2 is 2.28 bits per heavy atom. The highest BCUT2D eigenvalue weighted by Gasteiger charge is 2.42. The Bertz CT molecular complexity index is 874. The number of hydrogen-bond acceptors (Lipinski definition) is 6. The SMILES string of the molecule is CC(C)Oc1cc2c(N3CC4NC(=O)OC4C3)nccc2cc1C#N. The van der Waals surface area contributed by atoms with Crippen molar-refractivity contribution in [3.05, 3.63) is 30.0 Å². The minimum atomic E-state index is -0.355. The van der Waals surface area contributed by atoms with Gasteiger partial charge in [-0.2, -0.15) is 5.26 Å². The van der Waals surface area contributed by atoms with Crippen LogP contribution < -0.4 is 15.0 Å². The summed E-state index contributed by atoms with van der Waals surface area (Å²) in [6.07, 6.45) is 1.19. The number of pyridine rings is 1. The zero-order chi connectivity index (χ0) is 17.6. The first kappa shape index (κ1) is 15.5. The van der Waals surface area contributed by atoms with E-state index in [0.717, 1.165) is 16.6 Å². The van der Waals surface area contributed by atoms with Gasteiger partial charge in [-0.3, -0.25) is 0 Å². The molecule has 2 fully saturated rings. The van der Waals surface area contributed by atoms with Crippen molar-refractivity contribution in [2.24, 2.45) is 0 Å². The van der Waals surface area contributed by atoms with E-state index in [-0.39, 0.29) is 24.3 Å². The Hall–Kier alpha value is -3.01. The summed E-state index contributed by atoms with van der Waals surface area (Å²) in [5.74, 6) is 1.37. The number of nitrogens with zero attached hydrogens (tertiary/aromatic N) is 3. The van der Waals surface area contributed by atoms with Crippen molar-refractivity contribution in [2.75, 3.05) is 18.0 Å². The van der Waals surface area contributed by atoms with Crippen molar-refractivity contribution < 1.29 is 14.3 Å². The molecular formula is C18H18N4O3. The second kappa shape index (κ2) is 5.81. The van der Waals surface area contributed by atoms with Crippen molar-refractivity contribution in [1.29, 1.82) is 5.26 Å². The molecule has 0 saturated carbocycles. The third kappa shape index (κ3) is 2.70. The summed E-state index contributed by atoms with van der Waals surface area (Å²) < 4.78 is 11.1. The fourth-order valence-corrected chi connectivity index (χ4v) is 3.40. The molecule has 1 amide bonds. The highest BCUT2D eigenvalue weighted by Crippen LogP contribution is 2.34. The number of hydrogen-bond donors (Lipinski definition) is 1. The fourth-order valence-electron chi connectivity index (χ4n) is 3.40.